The minimum Gasteiger partial charge on any atom is -0.480 e. The average Bonchev–Trinajstić information content (AvgIpc) is 2.14. The number of rotatable bonds is 5. The molecule has 0 aliphatic rings. The molecule has 3 amide bonds. The van der Waals surface area contributed by atoms with E-state index in [1.54, 1.807) is 13.8 Å². The fraction of sp³-hybridized carbons (Fsp3) is 0.667. The highest BCUT2D eigenvalue weighted by Gasteiger charge is 2.24. The summed E-state index contributed by atoms with van der Waals surface area (Å²) in [6, 6.07) is -1.90. The molecule has 0 unspecified atom stereocenters. The SMILES string of the molecule is CC(C)N(C)C(=O)N[C@@H](CC(N)=O)C(=O)O. The third kappa shape index (κ3) is 4.63. The van der Waals surface area contributed by atoms with Crippen molar-refractivity contribution in [2.45, 2.75) is 32.4 Å². The van der Waals surface area contributed by atoms with Gasteiger partial charge in [-0.05, 0) is 13.8 Å². The van der Waals surface area contributed by atoms with E-state index < -0.39 is 30.4 Å². The Hall–Kier alpha value is -1.79. The van der Waals surface area contributed by atoms with Crippen LogP contribution in [0.2, 0.25) is 0 Å². The van der Waals surface area contributed by atoms with Gasteiger partial charge in [-0.1, -0.05) is 0 Å². The van der Waals surface area contributed by atoms with Crippen molar-refractivity contribution in [3.63, 3.8) is 0 Å². The molecule has 0 saturated carbocycles. The third-order valence-electron chi connectivity index (χ3n) is 2.10. The number of nitrogens with zero attached hydrogens (tertiary/aromatic N) is 1. The Balaban J connectivity index is 4.46. The van der Waals surface area contributed by atoms with E-state index in [2.05, 4.69) is 5.32 Å². The van der Waals surface area contributed by atoms with Gasteiger partial charge in [0, 0.05) is 13.1 Å². The summed E-state index contributed by atoms with van der Waals surface area (Å²) in [5.41, 5.74) is 4.88. The Morgan fingerprint density at radius 1 is 1.38 bits per heavy atom. The number of hydrogen-bond acceptors (Lipinski definition) is 3. The number of aliphatic carboxylic acids is 1. The number of carboxylic acid groups (broad SMARTS) is 1. The standard InChI is InChI=1S/C9H17N3O4/c1-5(2)12(3)9(16)11-6(8(14)15)4-7(10)13/h5-6H,4H2,1-3H3,(H2,10,13)(H,11,16)(H,14,15)/t6-/m0/s1. The Kier molecular flexibility index (Phi) is 5.27. The second-order valence-corrected chi connectivity index (χ2v) is 3.72. The molecule has 0 heterocycles. The molecule has 0 aliphatic heterocycles. The first kappa shape index (κ1) is 14.2. The molecule has 1 atom stereocenters. The van der Waals surface area contributed by atoms with Crippen LogP contribution in [-0.4, -0.2) is 47.0 Å². The molecule has 7 heteroatoms. The first-order chi connectivity index (χ1) is 7.25. The molecule has 0 aromatic heterocycles. The van der Waals surface area contributed by atoms with E-state index in [0.29, 0.717) is 0 Å². The summed E-state index contributed by atoms with van der Waals surface area (Å²) in [6.45, 7) is 3.56. The van der Waals surface area contributed by atoms with E-state index in [0.717, 1.165) is 0 Å². The second-order valence-electron chi connectivity index (χ2n) is 3.72. The summed E-state index contributed by atoms with van der Waals surface area (Å²) >= 11 is 0. The van der Waals surface area contributed by atoms with E-state index >= 15 is 0 Å². The predicted molar refractivity (Wildman–Crippen MR) is 56.7 cm³/mol. The highest BCUT2D eigenvalue weighted by molar-refractivity contribution is 5.87. The first-order valence-electron chi connectivity index (χ1n) is 4.80. The molecule has 0 aromatic carbocycles. The Morgan fingerprint density at radius 2 is 1.88 bits per heavy atom. The minimum absolute atomic E-state index is 0.0666. The Bertz CT molecular complexity index is 290. The zero-order valence-electron chi connectivity index (χ0n) is 9.56. The number of carbonyl (C=O) groups excluding carboxylic acids is 2. The smallest absolute Gasteiger partial charge is 0.326 e. The first-order valence-corrected chi connectivity index (χ1v) is 4.80. The molecule has 4 N–H and O–H groups in total. The average molecular weight is 231 g/mol. The van der Waals surface area contributed by atoms with E-state index in [9.17, 15) is 14.4 Å². The number of nitrogens with two attached hydrogens (primary N) is 1. The lowest BCUT2D eigenvalue weighted by Crippen LogP contribution is -2.49. The van der Waals surface area contributed by atoms with Crippen LogP contribution in [0.5, 0.6) is 0 Å². The van der Waals surface area contributed by atoms with Gasteiger partial charge in [0.25, 0.3) is 0 Å². The lowest BCUT2D eigenvalue weighted by atomic mass is 10.2. The summed E-state index contributed by atoms with van der Waals surface area (Å²) in [4.78, 5) is 34.1. The molecule has 0 aromatic rings. The maximum atomic E-state index is 11.5. The molecule has 0 saturated heterocycles. The minimum atomic E-state index is -1.29. The van der Waals surface area contributed by atoms with Crippen LogP contribution in [0.25, 0.3) is 0 Å². The molecular formula is C9H17N3O4. The Morgan fingerprint density at radius 3 is 2.19 bits per heavy atom. The number of hydrogen-bond donors (Lipinski definition) is 3. The molecule has 92 valence electrons. The molecule has 7 nitrogen and oxygen atoms in total. The zero-order chi connectivity index (χ0) is 12.9. The maximum Gasteiger partial charge on any atom is 0.326 e. The largest absolute Gasteiger partial charge is 0.480 e. The monoisotopic (exact) mass is 231 g/mol. The quantitative estimate of drug-likeness (QED) is 0.584. The van der Waals surface area contributed by atoms with Crippen LogP contribution in [0.3, 0.4) is 0 Å². The van der Waals surface area contributed by atoms with Gasteiger partial charge >= 0.3 is 12.0 Å². The fourth-order valence-electron chi connectivity index (χ4n) is 0.887. The van der Waals surface area contributed by atoms with E-state index in [1.165, 1.54) is 11.9 Å². The van der Waals surface area contributed by atoms with E-state index in [4.69, 9.17) is 10.8 Å². The lowest BCUT2D eigenvalue weighted by molar-refractivity contribution is -0.140. The van der Waals surface area contributed by atoms with E-state index in [-0.39, 0.29) is 6.04 Å². The third-order valence-corrected chi connectivity index (χ3v) is 2.10. The van der Waals surface area contributed by atoms with Gasteiger partial charge in [-0.3, -0.25) is 4.79 Å². The highest BCUT2D eigenvalue weighted by Crippen LogP contribution is 1.98. The number of nitrogens with one attached hydrogen (secondary N) is 1. The van der Waals surface area contributed by atoms with Crippen molar-refractivity contribution in [3.05, 3.63) is 0 Å². The van der Waals surface area contributed by atoms with Crippen molar-refractivity contribution in [3.8, 4) is 0 Å². The molecule has 16 heavy (non-hydrogen) atoms. The Labute approximate surface area is 93.6 Å². The van der Waals surface area contributed by atoms with Gasteiger partial charge in [0.1, 0.15) is 6.04 Å². The van der Waals surface area contributed by atoms with E-state index in [1.807, 2.05) is 0 Å². The molecule has 0 radical (unpaired) electrons. The van der Waals surface area contributed by atoms with Crippen LogP contribution in [0.1, 0.15) is 20.3 Å². The molecule has 0 aliphatic carbocycles. The van der Waals surface area contributed by atoms with Crippen LogP contribution < -0.4 is 11.1 Å². The van der Waals surface area contributed by atoms with Gasteiger partial charge in [0.15, 0.2) is 0 Å². The maximum absolute atomic E-state index is 11.5. The molecule has 0 fully saturated rings. The lowest BCUT2D eigenvalue weighted by Gasteiger charge is -2.23. The van der Waals surface area contributed by atoms with Gasteiger partial charge in [-0.2, -0.15) is 0 Å². The van der Waals surface area contributed by atoms with Crippen molar-refractivity contribution in [2.24, 2.45) is 5.73 Å². The number of amides is 3. The predicted octanol–water partition coefficient (Wildman–Crippen LogP) is -0.635. The number of urea groups is 1. The summed E-state index contributed by atoms with van der Waals surface area (Å²) in [5, 5.41) is 11.0. The molecule has 0 rings (SSSR count). The van der Waals surface area contributed by atoms with Crippen LogP contribution in [0.15, 0.2) is 0 Å². The van der Waals surface area contributed by atoms with Crippen molar-refractivity contribution in [1.29, 1.82) is 0 Å². The van der Waals surface area contributed by atoms with Gasteiger partial charge in [0.2, 0.25) is 5.91 Å². The van der Waals surface area contributed by atoms with Crippen LogP contribution >= 0.6 is 0 Å². The summed E-state index contributed by atoms with van der Waals surface area (Å²) in [7, 11) is 1.53. The van der Waals surface area contributed by atoms with Crippen LogP contribution in [0.4, 0.5) is 4.79 Å². The van der Waals surface area contributed by atoms with Gasteiger partial charge in [-0.25, -0.2) is 9.59 Å². The molecule has 0 bridgehead atoms. The van der Waals surface area contributed by atoms with Crippen molar-refractivity contribution < 1.29 is 19.5 Å². The number of carboxylic acids is 1. The second kappa shape index (κ2) is 5.94. The zero-order valence-corrected chi connectivity index (χ0v) is 9.56. The molecule has 0 spiro atoms. The number of primary amides is 1. The highest BCUT2D eigenvalue weighted by atomic mass is 16.4. The fourth-order valence-corrected chi connectivity index (χ4v) is 0.887. The van der Waals surface area contributed by atoms with Gasteiger partial charge < -0.3 is 21.1 Å². The normalized spacial score (nSPS) is 12.0. The van der Waals surface area contributed by atoms with Gasteiger partial charge in [0.05, 0.1) is 6.42 Å². The summed E-state index contributed by atoms with van der Waals surface area (Å²) in [5.74, 6) is -2.07. The van der Waals surface area contributed by atoms with Crippen molar-refractivity contribution in [1.82, 2.24) is 10.2 Å². The van der Waals surface area contributed by atoms with Crippen LogP contribution in [0, 0.1) is 0 Å². The summed E-state index contributed by atoms with van der Waals surface area (Å²) < 4.78 is 0. The van der Waals surface area contributed by atoms with Crippen molar-refractivity contribution in [2.75, 3.05) is 7.05 Å². The van der Waals surface area contributed by atoms with Gasteiger partial charge in [-0.15, -0.1) is 0 Å². The number of carbonyl (C=O) groups is 3. The molecular weight excluding hydrogens is 214 g/mol. The summed E-state index contributed by atoms with van der Waals surface area (Å²) in [6.07, 6.45) is -0.424. The van der Waals surface area contributed by atoms with Crippen LogP contribution in [-0.2, 0) is 9.59 Å². The van der Waals surface area contributed by atoms with Crippen molar-refractivity contribution >= 4 is 17.9 Å². The topological polar surface area (TPSA) is 113 Å².